The molecule has 2 aromatic rings. The second-order valence-electron chi connectivity index (χ2n) is 5.35. The molecule has 0 bridgehead atoms. The van der Waals surface area contributed by atoms with E-state index in [9.17, 15) is 9.59 Å². The molecule has 2 amide bonds. The Bertz CT molecular complexity index is 735. The molecule has 118 valence electrons. The summed E-state index contributed by atoms with van der Waals surface area (Å²) in [5, 5.41) is 8.39. The minimum Gasteiger partial charge on any atom is -0.337 e. The van der Waals surface area contributed by atoms with E-state index in [0.29, 0.717) is 12.2 Å². The maximum atomic E-state index is 12.0. The number of nitrogens with zero attached hydrogens (tertiary/aromatic N) is 2. The first-order valence-electron chi connectivity index (χ1n) is 7.01. The number of hydrogen-bond donors (Lipinski definition) is 2. The summed E-state index contributed by atoms with van der Waals surface area (Å²) in [5.74, 6) is 0.129. The third kappa shape index (κ3) is 3.73. The number of hydrogen-bond acceptors (Lipinski definition) is 4. The molecule has 2 aromatic heterocycles. The number of aromatic nitrogens is 2. The normalized spacial score (nSPS) is 12.0. The second-order valence-corrected chi connectivity index (χ2v) is 6.24. The topological polar surface area (TPSA) is 76.0 Å². The van der Waals surface area contributed by atoms with E-state index in [-0.39, 0.29) is 17.5 Å². The second kappa shape index (κ2) is 6.74. The first-order valence-corrected chi connectivity index (χ1v) is 7.89. The zero-order valence-corrected chi connectivity index (χ0v) is 14.0. The fraction of sp³-hybridized carbons (Fsp3) is 0.400. The molecule has 0 fully saturated rings. The molecule has 2 heterocycles. The Hall–Kier alpha value is -2.15. The molecule has 1 atom stereocenters. The average Bonchev–Trinajstić information content (AvgIpc) is 2.92. The first kappa shape index (κ1) is 16.2. The van der Waals surface area contributed by atoms with Gasteiger partial charge < -0.3 is 15.2 Å². The number of nitrogens with one attached hydrogen (secondary N) is 2. The quantitative estimate of drug-likeness (QED) is 0.908. The van der Waals surface area contributed by atoms with Crippen LogP contribution in [0.5, 0.6) is 0 Å². The summed E-state index contributed by atoms with van der Waals surface area (Å²) in [7, 11) is 1.65. The fourth-order valence-corrected chi connectivity index (χ4v) is 2.82. The van der Waals surface area contributed by atoms with Gasteiger partial charge in [0.25, 0.3) is 5.56 Å². The number of carbonyl (C=O) groups is 1. The lowest BCUT2D eigenvalue weighted by Gasteiger charge is -2.12. The third-order valence-corrected chi connectivity index (χ3v) is 4.54. The van der Waals surface area contributed by atoms with Crippen LogP contribution in [-0.4, -0.2) is 22.1 Å². The van der Waals surface area contributed by atoms with Gasteiger partial charge in [0.1, 0.15) is 5.69 Å². The van der Waals surface area contributed by atoms with Gasteiger partial charge >= 0.3 is 6.03 Å². The zero-order chi connectivity index (χ0) is 16.3. The monoisotopic (exact) mass is 320 g/mol. The van der Waals surface area contributed by atoms with Crippen molar-refractivity contribution < 1.29 is 4.79 Å². The van der Waals surface area contributed by atoms with Gasteiger partial charge in [0.15, 0.2) is 0 Å². The van der Waals surface area contributed by atoms with Gasteiger partial charge in [-0.05, 0) is 25.5 Å². The summed E-state index contributed by atoms with van der Waals surface area (Å²) in [6.45, 7) is 6.20. The van der Waals surface area contributed by atoms with E-state index >= 15 is 0 Å². The standard InChI is InChI=1S/C15H20N4O2S/c1-9-5-6-19(4)14(20)12(9)18-15(21)16-7-10(2)13-17-11(3)8-22-13/h5-6,8,10H,7H2,1-4H3,(H2,16,18,21)/t10-/m1/s1. The van der Waals surface area contributed by atoms with Crippen LogP contribution in [0.4, 0.5) is 10.5 Å². The molecule has 7 heteroatoms. The predicted molar refractivity (Wildman–Crippen MR) is 88.7 cm³/mol. The van der Waals surface area contributed by atoms with Gasteiger partial charge in [-0.25, -0.2) is 9.78 Å². The molecule has 0 aliphatic carbocycles. The SMILES string of the molecule is Cc1csc([C@H](C)CNC(=O)Nc2c(C)ccn(C)c2=O)n1. The third-order valence-electron chi connectivity index (χ3n) is 3.34. The molecule has 0 spiro atoms. The molecule has 0 aliphatic rings. The Morgan fingerprint density at radius 1 is 1.45 bits per heavy atom. The lowest BCUT2D eigenvalue weighted by atomic mass is 10.2. The highest BCUT2D eigenvalue weighted by atomic mass is 32.1. The summed E-state index contributed by atoms with van der Waals surface area (Å²) in [4.78, 5) is 28.4. The van der Waals surface area contributed by atoms with Crippen molar-refractivity contribution >= 4 is 23.1 Å². The number of pyridine rings is 1. The smallest absolute Gasteiger partial charge is 0.319 e. The van der Waals surface area contributed by atoms with Crippen LogP contribution in [0.1, 0.15) is 29.1 Å². The van der Waals surface area contributed by atoms with E-state index in [0.717, 1.165) is 16.3 Å². The molecule has 22 heavy (non-hydrogen) atoms. The summed E-state index contributed by atoms with van der Waals surface area (Å²) >= 11 is 1.58. The van der Waals surface area contributed by atoms with Crippen LogP contribution in [0.15, 0.2) is 22.4 Å². The van der Waals surface area contributed by atoms with Crippen LogP contribution in [0.3, 0.4) is 0 Å². The van der Waals surface area contributed by atoms with E-state index in [2.05, 4.69) is 15.6 Å². The van der Waals surface area contributed by atoms with Gasteiger partial charge in [-0.3, -0.25) is 4.79 Å². The first-order chi connectivity index (χ1) is 10.4. The van der Waals surface area contributed by atoms with Crippen molar-refractivity contribution in [3.8, 4) is 0 Å². The summed E-state index contributed by atoms with van der Waals surface area (Å²) in [6, 6.07) is 1.41. The number of thiazole rings is 1. The van der Waals surface area contributed by atoms with Crippen LogP contribution in [-0.2, 0) is 7.05 Å². The van der Waals surface area contributed by atoms with Gasteiger partial charge in [0.2, 0.25) is 0 Å². The van der Waals surface area contributed by atoms with Crippen LogP contribution in [0, 0.1) is 13.8 Å². The molecule has 0 saturated heterocycles. The van der Waals surface area contributed by atoms with Gasteiger partial charge in [-0.1, -0.05) is 6.92 Å². The van der Waals surface area contributed by atoms with Gasteiger partial charge in [0.05, 0.1) is 5.01 Å². The number of aryl methyl sites for hydroxylation is 3. The van der Waals surface area contributed by atoms with Crippen molar-refractivity contribution in [1.29, 1.82) is 0 Å². The lowest BCUT2D eigenvalue weighted by Crippen LogP contribution is -2.34. The number of rotatable bonds is 4. The Balaban J connectivity index is 1.97. The van der Waals surface area contributed by atoms with E-state index in [1.54, 1.807) is 37.6 Å². The zero-order valence-electron chi connectivity index (χ0n) is 13.1. The Morgan fingerprint density at radius 2 is 2.18 bits per heavy atom. The Labute approximate surface area is 133 Å². The number of urea groups is 1. The highest BCUT2D eigenvalue weighted by Gasteiger charge is 2.13. The van der Waals surface area contributed by atoms with Crippen LogP contribution in [0.25, 0.3) is 0 Å². The van der Waals surface area contributed by atoms with Crippen LogP contribution < -0.4 is 16.2 Å². The maximum absolute atomic E-state index is 12.0. The Kier molecular flexibility index (Phi) is 4.97. The van der Waals surface area contributed by atoms with Gasteiger partial charge in [0, 0.05) is 36.8 Å². The fourth-order valence-electron chi connectivity index (χ4n) is 1.96. The van der Waals surface area contributed by atoms with Crippen molar-refractivity contribution in [2.24, 2.45) is 7.05 Å². The molecule has 2 N–H and O–H groups in total. The van der Waals surface area contributed by atoms with Crippen LogP contribution in [0.2, 0.25) is 0 Å². The van der Waals surface area contributed by atoms with E-state index in [4.69, 9.17) is 0 Å². The van der Waals surface area contributed by atoms with Gasteiger partial charge in [-0.2, -0.15) is 0 Å². The number of carbonyl (C=O) groups excluding carboxylic acids is 1. The molecule has 2 rings (SSSR count). The average molecular weight is 320 g/mol. The maximum Gasteiger partial charge on any atom is 0.319 e. The molecular formula is C15H20N4O2S. The summed E-state index contributed by atoms with van der Waals surface area (Å²) < 4.78 is 1.43. The highest BCUT2D eigenvalue weighted by molar-refractivity contribution is 7.09. The van der Waals surface area contributed by atoms with E-state index in [1.807, 2.05) is 19.2 Å². The summed E-state index contributed by atoms with van der Waals surface area (Å²) in [6.07, 6.45) is 1.67. The Morgan fingerprint density at radius 3 is 2.82 bits per heavy atom. The molecule has 0 aromatic carbocycles. The van der Waals surface area contributed by atoms with Crippen molar-refractivity contribution in [2.45, 2.75) is 26.7 Å². The predicted octanol–water partition coefficient (Wildman–Crippen LogP) is 2.38. The van der Waals surface area contributed by atoms with Crippen molar-refractivity contribution in [2.75, 3.05) is 11.9 Å². The van der Waals surface area contributed by atoms with E-state index in [1.165, 1.54) is 4.57 Å². The molecule has 0 unspecified atom stereocenters. The largest absolute Gasteiger partial charge is 0.337 e. The molecule has 0 aliphatic heterocycles. The molecular weight excluding hydrogens is 300 g/mol. The molecule has 0 saturated carbocycles. The van der Waals surface area contributed by atoms with E-state index < -0.39 is 0 Å². The van der Waals surface area contributed by atoms with Crippen molar-refractivity contribution in [3.63, 3.8) is 0 Å². The minimum absolute atomic E-state index is 0.129. The molecule has 0 radical (unpaired) electrons. The van der Waals surface area contributed by atoms with Gasteiger partial charge in [-0.15, -0.1) is 11.3 Å². The van der Waals surface area contributed by atoms with Crippen molar-refractivity contribution in [1.82, 2.24) is 14.9 Å². The lowest BCUT2D eigenvalue weighted by molar-refractivity contribution is 0.251. The highest BCUT2D eigenvalue weighted by Crippen LogP contribution is 2.18. The summed E-state index contributed by atoms with van der Waals surface area (Å²) in [5.41, 5.74) is 1.81. The van der Waals surface area contributed by atoms with Crippen molar-refractivity contribution in [3.05, 3.63) is 44.3 Å². The molecule has 6 nitrogen and oxygen atoms in total. The van der Waals surface area contributed by atoms with Crippen LogP contribution >= 0.6 is 11.3 Å². The number of anilines is 1. The minimum atomic E-state index is -0.383. The number of amides is 2.